The van der Waals surface area contributed by atoms with Crippen LogP contribution in [0.4, 0.5) is 22.4 Å². The third-order valence-electron chi connectivity index (χ3n) is 20.3. The number of ether oxygens (including phenoxy) is 5. The number of nitrogens with one attached hydrogen (secondary N) is 6. The van der Waals surface area contributed by atoms with E-state index in [1.54, 1.807) is 83.1 Å². The average molecular weight is 1970 g/mol. The number of hydrogen-bond donors (Lipinski definition) is 9. The molecular weight excluding hydrogens is 1840 g/mol. The van der Waals surface area contributed by atoms with Crippen LogP contribution in [0.2, 0.25) is 0 Å². The lowest BCUT2D eigenvalue weighted by molar-refractivity contribution is -0.148. The number of Topliss-reactive ketones (excluding diaryl/α,β-unsaturated/α-hetero) is 1. The normalized spacial score (nSPS) is 15.3. The van der Waals surface area contributed by atoms with Crippen molar-refractivity contribution < 1.29 is 108 Å². The Kier molecular flexibility index (Phi) is 54.9. The highest BCUT2D eigenvalue weighted by molar-refractivity contribution is 7.90. The van der Waals surface area contributed by atoms with Crippen LogP contribution in [-0.4, -0.2) is 181 Å². The van der Waals surface area contributed by atoms with Gasteiger partial charge in [-0.1, -0.05) is 37.8 Å². The number of rotatable bonds is 51. The van der Waals surface area contributed by atoms with Crippen LogP contribution in [0.5, 0.6) is 23.0 Å². The quantitative estimate of drug-likeness (QED) is 0.00201. The fourth-order valence-corrected chi connectivity index (χ4v) is 18.1. The number of halogens is 4. The second kappa shape index (κ2) is 60.1. The van der Waals surface area contributed by atoms with Crippen molar-refractivity contribution in [1.82, 2.24) is 39.3 Å². The van der Waals surface area contributed by atoms with Gasteiger partial charge in [0.1, 0.15) is 58.6 Å². The second-order valence-corrected chi connectivity index (χ2v) is 39.4. The summed E-state index contributed by atoms with van der Waals surface area (Å²) in [7, 11) is -14.0. The van der Waals surface area contributed by atoms with Crippen molar-refractivity contribution in [3.63, 3.8) is 0 Å². The van der Waals surface area contributed by atoms with Crippen LogP contribution >= 0.6 is 54.0 Å². The number of imide groups is 2. The summed E-state index contributed by atoms with van der Waals surface area (Å²) >= 11 is 0. The van der Waals surface area contributed by atoms with Gasteiger partial charge in [-0.3, -0.25) is 45.9 Å². The summed E-state index contributed by atoms with van der Waals surface area (Å²) in [6.07, 6.45) is 16.6. The Labute approximate surface area is 785 Å². The molecule has 4 atom stereocenters. The van der Waals surface area contributed by atoms with Gasteiger partial charge in [0, 0.05) is 61.5 Å². The Morgan fingerprint density at radius 1 is 0.473 bits per heavy atom. The van der Waals surface area contributed by atoms with Crippen LogP contribution in [0.15, 0.2) is 97.1 Å². The Hall–Kier alpha value is -7.21. The van der Waals surface area contributed by atoms with E-state index in [1.165, 1.54) is 65.3 Å². The number of carbonyl (C=O) groups is 7. The van der Waals surface area contributed by atoms with Gasteiger partial charge in [0.15, 0.2) is 0 Å². The smallest absolute Gasteiger partial charge is 0.371 e. The molecule has 4 saturated carbocycles. The molecule has 5 fully saturated rings. The number of unbranched alkanes of at least 4 members (excludes halogenated alkanes) is 8. The van der Waals surface area contributed by atoms with Crippen LogP contribution in [0.25, 0.3) is 0 Å². The van der Waals surface area contributed by atoms with Gasteiger partial charge in [0.05, 0.1) is 73.7 Å². The Morgan fingerprint density at radius 2 is 0.783 bits per heavy atom. The van der Waals surface area contributed by atoms with Crippen LogP contribution in [0.3, 0.4) is 0 Å². The molecule has 31 nitrogen and oxygen atoms in total. The summed E-state index contributed by atoms with van der Waals surface area (Å²) in [6.45, 7) is 14.7. The van der Waals surface area contributed by atoms with Gasteiger partial charge in [0.25, 0.3) is 11.8 Å². The van der Waals surface area contributed by atoms with Crippen molar-refractivity contribution in [3.05, 3.63) is 154 Å². The summed E-state index contributed by atoms with van der Waals surface area (Å²) in [5, 5.41) is 5.21. The number of nitrogens with two attached hydrogens (primary N) is 3. The minimum absolute atomic E-state index is 0. The van der Waals surface area contributed by atoms with E-state index >= 15 is 0 Å². The number of carbonyl (C=O) groups excluding carboxylic acids is 7. The first-order valence-electron chi connectivity index (χ1n) is 42.5. The maximum atomic E-state index is 14.0. The number of fused-ring (bicyclic) bond motifs is 1. The summed E-state index contributed by atoms with van der Waals surface area (Å²) in [6, 6.07) is 21.3. The Morgan fingerprint density at radius 3 is 1.05 bits per heavy atom. The van der Waals surface area contributed by atoms with Gasteiger partial charge in [-0.25, -0.2) is 79.7 Å². The molecule has 129 heavy (non-hydrogen) atoms. The van der Waals surface area contributed by atoms with E-state index in [-0.39, 0.29) is 126 Å². The molecule has 2 aliphatic heterocycles. The molecule has 5 aromatic rings. The number of ketones is 1. The summed E-state index contributed by atoms with van der Waals surface area (Å²) in [4.78, 5) is 80.0. The minimum Gasteiger partial charge on any atom is -0.493 e. The van der Waals surface area contributed by atoms with E-state index in [9.17, 15) is 84.8 Å². The van der Waals surface area contributed by atoms with Crippen molar-refractivity contribution in [2.24, 2.45) is 41.1 Å². The largest absolute Gasteiger partial charge is 0.493 e. The van der Waals surface area contributed by atoms with Crippen molar-refractivity contribution in [3.8, 4) is 23.0 Å². The van der Waals surface area contributed by atoms with Crippen molar-refractivity contribution in [1.29, 1.82) is 0 Å². The number of esters is 1. The van der Waals surface area contributed by atoms with Crippen molar-refractivity contribution in [2.45, 2.75) is 194 Å². The average Bonchev–Trinajstić information content (AvgIpc) is 1.64. The van der Waals surface area contributed by atoms with Gasteiger partial charge in [-0.2, -0.15) is 54.0 Å². The Bertz CT molecular complexity index is 4780. The van der Waals surface area contributed by atoms with Crippen LogP contribution in [0, 0.1) is 46.9 Å². The first-order chi connectivity index (χ1) is 59.4. The number of sulfonamides is 4. The molecular formula is C86H133F4N11O20S8. The SMILES string of the molecule is CC(=O)CNCCCCCS(=O)(=O)N[C@@H](C)c1cc(F)cc(OCC2CC2)c1.CCOC(=O)C=O.C[C@H](NS(=O)(=O)CCCCCN)c1cc(F)cc(OCC2CC2)c1.C[C@H](NS(=O)(=O)CCCCCN1C(=O)c2ccccc2C1=O)c1cc(F)cc(OCC2CC2)c1.C[C@H](NS(=O)(=O)CCCCCN1CC(=O)NC1=O)c1cc(F)cc(OCC2CC2)c1.NN.S.S.S.S. The standard InChI is InChI=1S/C25H29FN2O5S.C20H28FN3O5S.C20H31FN2O4S.C17H27FN2O3S.C4H6O3.H4N2.4H2S/c1-17(19-13-20(26)15-21(14-19)33-16-18-9-10-18)27-34(31,32)12-6-2-5-11-28-24(29)22-7-3-4-8-23(22)25(28)30;1-14(16-9-17(21)11-18(10-16)29-13-15-5-6-15)23-30(27,28)8-4-2-3-7-24-12-19(25)22-20(24)26;1-15(24)13-22-8-4-3-5-9-28(25,26)23-16(2)18-10-19(21)12-20(11-18)27-14-17-6-7-17;1-13(20-24(21,22)8-4-2-3-7-19)15-9-16(18)11-17(10-15)23-12-14-5-6-14;1-2-7-4(6)3-5;1-2;;;;/h3-4,7-8,13-15,17-18,27H,2,5-6,9-12,16H2,1H3;9-11,14-15,23H,2-8,12-13H2,1H3,(H,22,25,26);10-12,16-17,22-23H,3-9,13-14H2,1-2H3;9-11,13-14,20H,2-8,12,19H2,1H3;3H,2H2,1H3;1-2H2;4*1H2/t17-;14-;16-;13-;;;;;;/m0000....../s1. The molecule has 0 bridgehead atoms. The zero-order valence-corrected chi connectivity index (χ0v) is 81.4. The van der Waals surface area contributed by atoms with E-state index in [1.807, 2.05) is 0 Å². The van der Waals surface area contributed by atoms with Crippen molar-refractivity contribution in [2.75, 3.05) is 95.3 Å². The maximum Gasteiger partial charge on any atom is 0.371 e. The van der Waals surface area contributed by atoms with Gasteiger partial charge in [-0.15, -0.1) is 0 Å². The van der Waals surface area contributed by atoms with E-state index in [2.05, 4.69) is 45.9 Å². The molecule has 5 aromatic carbocycles. The van der Waals surface area contributed by atoms with E-state index in [0.29, 0.717) is 184 Å². The predicted molar refractivity (Wildman–Crippen MR) is 507 cm³/mol. The Balaban J connectivity index is 0.000000561. The number of aldehydes is 1. The second-order valence-electron chi connectivity index (χ2n) is 31.9. The highest BCUT2D eigenvalue weighted by atomic mass is 32.2. The molecule has 0 aromatic heterocycles. The summed E-state index contributed by atoms with van der Waals surface area (Å²) in [5.74, 6) is 8.35. The highest BCUT2D eigenvalue weighted by Crippen LogP contribution is 2.35. The van der Waals surface area contributed by atoms with Gasteiger partial charge in [-0.05, 0) is 264 Å². The highest BCUT2D eigenvalue weighted by Gasteiger charge is 2.35. The number of benzene rings is 5. The van der Waals surface area contributed by atoms with Gasteiger partial charge < -0.3 is 39.6 Å². The third kappa shape index (κ3) is 47.8. The number of nitrogens with zero attached hydrogens (tertiary/aromatic N) is 2. The predicted octanol–water partition coefficient (Wildman–Crippen LogP) is 11.1. The molecule has 11 rings (SSSR count). The zero-order valence-electron chi connectivity index (χ0n) is 74.1. The molecule has 728 valence electrons. The molecule has 0 unspecified atom stereocenters. The lowest BCUT2D eigenvalue weighted by Crippen LogP contribution is -2.31. The van der Waals surface area contributed by atoms with Crippen LogP contribution in [-0.2, 0) is 64.0 Å². The topological polar surface area (TPSA) is 459 Å². The lowest BCUT2D eigenvalue weighted by atomic mass is 10.1. The number of urea groups is 1. The molecule has 4 aliphatic carbocycles. The molecule has 2 heterocycles. The number of hydrogen-bond acceptors (Lipinski definition) is 24. The molecule has 0 spiro atoms. The first kappa shape index (κ1) is 118. The lowest BCUT2D eigenvalue weighted by Gasteiger charge is -2.17. The number of amides is 5. The van der Waals surface area contributed by atoms with E-state index < -0.39 is 99.5 Å². The third-order valence-corrected chi connectivity index (χ3v) is 26.4. The first-order valence-corrected chi connectivity index (χ1v) is 49.1. The maximum absolute atomic E-state index is 14.0. The van der Waals surface area contributed by atoms with Crippen molar-refractivity contribution >= 4 is 136 Å². The van der Waals surface area contributed by atoms with Gasteiger partial charge >= 0.3 is 12.0 Å². The molecule has 1 saturated heterocycles. The van der Waals surface area contributed by atoms with Crippen LogP contribution in [0.1, 0.15) is 237 Å². The monoisotopic (exact) mass is 1970 g/mol. The zero-order chi connectivity index (χ0) is 91.9. The molecule has 12 N–H and O–H groups in total. The minimum atomic E-state index is -3.60. The summed E-state index contributed by atoms with van der Waals surface area (Å²) in [5.41, 5.74) is 8.33. The molecule has 5 amide bonds. The molecule has 43 heteroatoms. The fourth-order valence-electron chi connectivity index (χ4n) is 12.6. The fraction of sp³-hybridized carbons (Fsp3) is 0.570. The van der Waals surface area contributed by atoms with Gasteiger partial charge in [0.2, 0.25) is 52.3 Å². The molecule has 6 aliphatic rings. The van der Waals surface area contributed by atoms with E-state index in [0.717, 1.165) is 77.0 Å². The van der Waals surface area contributed by atoms with E-state index in [4.69, 9.17) is 24.7 Å². The molecule has 0 radical (unpaired) electrons. The van der Waals surface area contributed by atoms with Crippen LogP contribution < -0.4 is 65.9 Å². The summed E-state index contributed by atoms with van der Waals surface area (Å²) < 4.78 is 191. The number of hydrazine groups is 1.